The molecule has 4 heteroatoms. The van der Waals surface area contributed by atoms with E-state index < -0.39 is 0 Å². The van der Waals surface area contributed by atoms with Crippen molar-refractivity contribution in [2.24, 2.45) is 0 Å². The molecule has 0 radical (unpaired) electrons. The summed E-state index contributed by atoms with van der Waals surface area (Å²) in [5.74, 6) is 1.02. The number of thioether (sulfide) groups is 1. The Bertz CT molecular complexity index is 320. The Morgan fingerprint density at radius 2 is 2.19 bits per heavy atom. The Kier molecular flexibility index (Phi) is 7.08. The lowest BCUT2D eigenvalue weighted by Crippen LogP contribution is -2.14. The maximum atomic E-state index is 13.2. The average Bonchev–Trinajstić information content (AvgIpc) is 2.28. The van der Waals surface area contributed by atoms with Gasteiger partial charge in [-0.15, -0.1) is 0 Å². The van der Waals surface area contributed by atoms with E-state index in [0.29, 0.717) is 4.47 Å². The molecule has 0 fully saturated rings. The number of hydrogen-bond acceptors (Lipinski definition) is 2. The van der Waals surface area contributed by atoms with Crippen LogP contribution in [0.15, 0.2) is 22.7 Å². The molecule has 1 nitrogen and oxygen atoms in total. The van der Waals surface area contributed by atoms with Gasteiger partial charge in [0.2, 0.25) is 0 Å². The summed E-state index contributed by atoms with van der Waals surface area (Å²) in [6.07, 6.45) is 4.54. The second kappa shape index (κ2) is 8.09. The van der Waals surface area contributed by atoms with Crippen molar-refractivity contribution in [1.29, 1.82) is 0 Å². The maximum Gasteiger partial charge on any atom is 0.137 e. The first-order valence-electron chi connectivity index (χ1n) is 5.37. The lowest BCUT2D eigenvalue weighted by atomic mass is 10.2. The van der Waals surface area contributed by atoms with Gasteiger partial charge in [0, 0.05) is 6.54 Å². The second-order valence-electron chi connectivity index (χ2n) is 3.63. The van der Waals surface area contributed by atoms with Crippen LogP contribution in [0, 0.1) is 5.82 Å². The summed E-state index contributed by atoms with van der Waals surface area (Å²) in [5.41, 5.74) is 0.991. The fourth-order valence-corrected chi connectivity index (χ4v) is 2.12. The summed E-state index contributed by atoms with van der Waals surface area (Å²) in [7, 11) is 0. The van der Waals surface area contributed by atoms with Gasteiger partial charge in [-0.1, -0.05) is 6.07 Å². The SMILES string of the molecule is CSCCCCNCc1ccc(Br)c(F)c1. The molecule has 0 spiro atoms. The van der Waals surface area contributed by atoms with E-state index in [0.717, 1.165) is 18.7 Å². The molecule has 0 unspecified atom stereocenters. The number of nitrogens with one attached hydrogen (secondary N) is 1. The van der Waals surface area contributed by atoms with Gasteiger partial charge in [-0.05, 0) is 65.0 Å². The largest absolute Gasteiger partial charge is 0.313 e. The van der Waals surface area contributed by atoms with Crippen molar-refractivity contribution in [3.8, 4) is 0 Å². The van der Waals surface area contributed by atoms with Crippen LogP contribution in [0.3, 0.4) is 0 Å². The van der Waals surface area contributed by atoms with E-state index in [4.69, 9.17) is 0 Å². The van der Waals surface area contributed by atoms with Crippen molar-refractivity contribution in [2.75, 3.05) is 18.6 Å². The highest BCUT2D eigenvalue weighted by Crippen LogP contribution is 2.16. The quantitative estimate of drug-likeness (QED) is 0.769. The Morgan fingerprint density at radius 3 is 2.88 bits per heavy atom. The molecule has 16 heavy (non-hydrogen) atoms. The third-order valence-corrected chi connectivity index (χ3v) is 3.61. The summed E-state index contributed by atoms with van der Waals surface area (Å²) < 4.78 is 13.7. The molecule has 90 valence electrons. The van der Waals surface area contributed by atoms with E-state index >= 15 is 0 Å². The third-order valence-electron chi connectivity index (χ3n) is 2.27. The molecule has 0 aromatic heterocycles. The van der Waals surface area contributed by atoms with Gasteiger partial charge in [0.05, 0.1) is 4.47 Å². The third kappa shape index (κ3) is 5.32. The average molecular weight is 306 g/mol. The number of unbranched alkanes of at least 4 members (excludes halogenated alkanes) is 1. The van der Waals surface area contributed by atoms with E-state index in [1.165, 1.54) is 18.6 Å². The first-order valence-corrected chi connectivity index (χ1v) is 7.56. The summed E-state index contributed by atoms with van der Waals surface area (Å²) >= 11 is 5.02. The van der Waals surface area contributed by atoms with Gasteiger partial charge in [0.25, 0.3) is 0 Å². The zero-order valence-corrected chi connectivity index (χ0v) is 11.8. The molecule has 0 aliphatic heterocycles. The number of hydrogen-bond donors (Lipinski definition) is 1. The normalized spacial score (nSPS) is 10.7. The molecule has 0 bridgehead atoms. The van der Waals surface area contributed by atoms with Crippen LogP contribution in [0.1, 0.15) is 18.4 Å². The van der Waals surface area contributed by atoms with E-state index in [1.54, 1.807) is 12.1 Å². The van der Waals surface area contributed by atoms with Gasteiger partial charge >= 0.3 is 0 Å². The fourth-order valence-electron chi connectivity index (χ4n) is 1.38. The molecular formula is C12H17BrFNS. The highest BCUT2D eigenvalue weighted by Gasteiger charge is 1.99. The van der Waals surface area contributed by atoms with E-state index in [1.807, 2.05) is 17.8 Å². The standard InChI is InChI=1S/C12H17BrFNS/c1-16-7-3-2-6-15-9-10-4-5-11(13)12(14)8-10/h4-5,8,15H,2-3,6-7,9H2,1H3. The fraction of sp³-hybridized carbons (Fsp3) is 0.500. The molecule has 0 amide bonds. The summed E-state index contributed by atoms with van der Waals surface area (Å²) in [6.45, 7) is 1.74. The molecule has 0 atom stereocenters. The minimum absolute atomic E-state index is 0.193. The van der Waals surface area contributed by atoms with Gasteiger partial charge < -0.3 is 5.32 Å². The van der Waals surface area contributed by atoms with Crippen molar-refractivity contribution in [3.05, 3.63) is 34.1 Å². The van der Waals surface area contributed by atoms with Gasteiger partial charge in [0.15, 0.2) is 0 Å². The Morgan fingerprint density at radius 1 is 1.38 bits per heavy atom. The summed E-state index contributed by atoms with van der Waals surface area (Å²) in [4.78, 5) is 0. The van der Waals surface area contributed by atoms with Crippen molar-refractivity contribution in [3.63, 3.8) is 0 Å². The van der Waals surface area contributed by atoms with Crippen LogP contribution in [0.4, 0.5) is 4.39 Å². The van der Waals surface area contributed by atoms with E-state index in [-0.39, 0.29) is 5.82 Å². The van der Waals surface area contributed by atoms with Gasteiger partial charge in [-0.2, -0.15) is 11.8 Å². The lowest BCUT2D eigenvalue weighted by Gasteiger charge is -2.05. The molecule has 1 rings (SSSR count). The minimum Gasteiger partial charge on any atom is -0.313 e. The summed E-state index contributed by atoms with van der Waals surface area (Å²) in [6, 6.07) is 5.25. The number of rotatable bonds is 7. The molecule has 1 aromatic rings. The monoisotopic (exact) mass is 305 g/mol. The Hall–Kier alpha value is -0.0600. The molecule has 0 saturated carbocycles. The van der Waals surface area contributed by atoms with Crippen molar-refractivity contribution >= 4 is 27.7 Å². The number of benzene rings is 1. The molecule has 1 N–H and O–H groups in total. The van der Waals surface area contributed by atoms with Gasteiger partial charge in [0.1, 0.15) is 5.82 Å². The van der Waals surface area contributed by atoms with Crippen LogP contribution in [0.2, 0.25) is 0 Å². The van der Waals surface area contributed by atoms with Crippen LogP contribution in [-0.4, -0.2) is 18.6 Å². The predicted octanol–water partition coefficient (Wildman–Crippen LogP) is 3.82. The lowest BCUT2D eigenvalue weighted by molar-refractivity contribution is 0.609. The van der Waals surface area contributed by atoms with Crippen molar-refractivity contribution < 1.29 is 4.39 Å². The highest BCUT2D eigenvalue weighted by atomic mass is 79.9. The van der Waals surface area contributed by atoms with Crippen molar-refractivity contribution in [1.82, 2.24) is 5.32 Å². The first-order chi connectivity index (χ1) is 7.74. The predicted molar refractivity (Wildman–Crippen MR) is 73.4 cm³/mol. The molecule has 0 aliphatic rings. The van der Waals surface area contributed by atoms with Crippen LogP contribution in [-0.2, 0) is 6.54 Å². The zero-order valence-electron chi connectivity index (χ0n) is 9.43. The highest BCUT2D eigenvalue weighted by molar-refractivity contribution is 9.10. The van der Waals surface area contributed by atoms with E-state index in [2.05, 4.69) is 27.5 Å². The molecule has 0 saturated heterocycles. The molecule has 1 aromatic carbocycles. The molecule has 0 heterocycles. The second-order valence-corrected chi connectivity index (χ2v) is 5.47. The topological polar surface area (TPSA) is 12.0 Å². The summed E-state index contributed by atoms with van der Waals surface area (Å²) in [5, 5.41) is 3.32. The maximum absolute atomic E-state index is 13.2. The van der Waals surface area contributed by atoms with Crippen LogP contribution >= 0.6 is 27.7 Å². The van der Waals surface area contributed by atoms with Crippen LogP contribution in [0.5, 0.6) is 0 Å². The zero-order chi connectivity index (χ0) is 11.8. The first kappa shape index (κ1) is 14.0. The Balaban J connectivity index is 2.19. The van der Waals surface area contributed by atoms with Gasteiger partial charge in [-0.3, -0.25) is 0 Å². The minimum atomic E-state index is -0.193. The Labute approximate surface area is 109 Å². The number of halogens is 2. The van der Waals surface area contributed by atoms with Crippen molar-refractivity contribution in [2.45, 2.75) is 19.4 Å². The molecular weight excluding hydrogens is 289 g/mol. The van der Waals surface area contributed by atoms with Gasteiger partial charge in [-0.25, -0.2) is 4.39 Å². The molecule has 0 aliphatic carbocycles. The van der Waals surface area contributed by atoms with Crippen LogP contribution < -0.4 is 5.32 Å². The smallest absolute Gasteiger partial charge is 0.137 e. The van der Waals surface area contributed by atoms with Crippen LogP contribution in [0.25, 0.3) is 0 Å². The van der Waals surface area contributed by atoms with E-state index in [9.17, 15) is 4.39 Å².